The first-order valence-electron chi connectivity index (χ1n) is 9.02. The van der Waals surface area contributed by atoms with Crippen LogP contribution in [0.5, 0.6) is 0 Å². The molecule has 7 nitrogen and oxygen atoms in total. The van der Waals surface area contributed by atoms with E-state index in [4.69, 9.17) is 4.74 Å². The first-order chi connectivity index (χ1) is 13.2. The summed E-state index contributed by atoms with van der Waals surface area (Å²) in [5.41, 5.74) is 1.08. The summed E-state index contributed by atoms with van der Waals surface area (Å²) >= 11 is 0. The van der Waals surface area contributed by atoms with Crippen molar-refractivity contribution in [2.24, 2.45) is 0 Å². The molecule has 0 atom stereocenters. The van der Waals surface area contributed by atoms with Gasteiger partial charge in [0.2, 0.25) is 5.91 Å². The zero-order valence-corrected chi connectivity index (χ0v) is 17.3. The molecular formula is C20H27N3O4S. The topological polar surface area (TPSA) is 90.3 Å². The molecule has 2 aromatic rings. The Balaban J connectivity index is 1.81. The number of anilines is 1. The number of nitrogens with zero attached hydrogens (tertiary/aromatic N) is 2. The van der Waals surface area contributed by atoms with Gasteiger partial charge in [0, 0.05) is 31.7 Å². The van der Waals surface area contributed by atoms with Gasteiger partial charge in [-0.1, -0.05) is 30.3 Å². The van der Waals surface area contributed by atoms with Gasteiger partial charge in [-0.3, -0.25) is 9.48 Å². The number of amides is 1. The number of aryl methyl sites for hydroxylation is 1. The molecule has 0 aliphatic rings. The number of rotatable bonds is 10. The van der Waals surface area contributed by atoms with Gasteiger partial charge in [0.05, 0.1) is 23.2 Å². The lowest BCUT2D eigenvalue weighted by Crippen LogP contribution is -2.24. The monoisotopic (exact) mass is 405 g/mol. The van der Waals surface area contributed by atoms with Crippen molar-refractivity contribution in [3.63, 3.8) is 0 Å². The third-order valence-corrected chi connectivity index (χ3v) is 5.62. The van der Waals surface area contributed by atoms with Crippen molar-refractivity contribution in [3.8, 4) is 0 Å². The van der Waals surface area contributed by atoms with Crippen molar-refractivity contribution in [1.82, 2.24) is 9.78 Å². The van der Waals surface area contributed by atoms with Crippen LogP contribution < -0.4 is 5.32 Å². The van der Waals surface area contributed by atoms with Gasteiger partial charge in [0.1, 0.15) is 0 Å². The molecule has 1 aromatic heterocycles. The highest BCUT2D eigenvalue weighted by molar-refractivity contribution is 7.94. The number of carbonyl (C=O) groups is 1. The Morgan fingerprint density at radius 1 is 1.29 bits per heavy atom. The molecule has 152 valence electrons. The van der Waals surface area contributed by atoms with Crippen LogP contribution in [0, 0.1) is 0 Å². The minimum atomic E-state index is -3.47. The third kappa shape index (κ3) is 7.66. The second-order valence-corrected chi connectivity index (χ2v) is 9.09. The Kier molecular flexibility index (Phi) is 7.53. The summed E-state index contributed by atoms with van der Waals surface area (Å²) in [5.74, 6) is -0.619. The predicted octanol–water partition coefficient (Wildman–Crippen LogP) is 3.11. The van der Waals surface area contributed by atoms with E-state index in [0.717, 1.165) is 17.4 Å². The predicted molar refractivity (Wildman–Crippen MR) is 110 cm³/mol. The SMILES string of the molecule is COC(C)(C)CCn1cc(NC(=O)CCS(=O)(=O)/C=C/c2ccccc2)cn1. The third-order valence-electron chi connectivity index (χ3n) is 4.29. The lowest BCUT2D eigenvalue weighted by atomic mass is 10.1. The van der Waals surface area contributed by atoms with Gasteiger partial charge >= 0.3 is 0 Å². The van der Waals surface area contributed by atoms with Crippen LogP contribution >= 0.6 is 0 Å². The van der Waals surface area contributed by atoms with Crippen molar-refractivity contribution in [2.45, 2.75) is 38.8 Å². The molecular weight excluding hydrogens is 378 g/mol. The van der Waals surface area contributed by atoms with Gasteiger partial charge in [-0.05, 0) is 31.9 Å². The summed E-state index contributed by atoms with van der Waals surface area (Å²) in [6, 6.07) is 9.14. The molecule has 8 heteroatoms. The maximum Gasteiger partial charge on any atom is 0.225 e. The summed E-state index contributed by atoms with van der Waals surface area (Å²) in [6.07, 6.45) is 5.43. The van der Waals surface area contributed by atoms with Gasteiger partial charge in [0.25, 0.3) is 0 Å². The maximum atomic E-state index is 12.1. The molecule has 0 spiro atoms. The summed E-state index contributed by atoms with van der Waals surface area (Å²) in [7, 11) is -1.80. The van der Waals surface area contributed by atoms with Crippen molar-refractivity contribution in [1.29, 1.82) is 0 Å². The molecule has 0 radical (unpaired) electrons. The number of methoxy groups -OCH3 is 1. The van der Waals surface area contributed by atoms with Crippen LogP contribution in [-0.2, 0) is 25.9 Å². The molecule has 28 heavy (non-hydrogen) atoms. The van der Waals surface area contributed by atoms with Crippen LogP contribution in [-0.4, -0.2) is 42.6 Å². The van der Waals surface area contributed by atoms with E-state index in [2.05, 4.69) is 10.4 Å². The molecule has 0 saturated heterocycles. The molecule has 1 heterocycles. The minimum absolute atomic E-state index is 0.122. The molecule has 1 N–H and O–H groups in total. The molecule has 0 saturated carbocycles. The molecule has 0 fully saturated rings. The zero-order valence-electron chi connectivity index (χ0n) is 16.5. The van der Waals surface area contributed by atoms with Crippen LogP contribution in [0.4, 0.5) is 5.69 Å². The van der Waals surface area contributed by atoms with E-state index < -0.39 is 9.84 Å². The normalized spacial score (nSPS) is 12.4. The Morgan fingerprint density at radius 3 is 2.68 bits per heavy atom. The fourth-order valence-electron chi connectivity index (χ4n) is 2.31. The maximum absolute atomic E-state index is 12.1. The van der Waals surface area contributed by atoms with E-state index >= 15 is 0 Å². The number of hydrogen-bond acceptors (Lipinski definition) is 5. The number of benzene rings is 1. The quantitative estimate of drug-likeness (QED) is 0.656. The highest BCUT2D eigenvalue weighted by Crippen LogP contribution is 2.15. The Hall–Kier alpha value is -2.45. The van der Waals surface area contributed by atoms with Crippen LogP contribution in [0.15, 0.2) is 48.1 Å². The van der Waals surface area contributed by atoms with Gasteiger partial charge in [-0.2, -0.15) is 5.10 Å². The molecule has 0 bridgehead atoms. The van der Waals surface area contributed by atoms with Crippen molar-refractivity contribution < 1.29 is 17.9 Å². The Bertz CT molecular complexity index is 903. The number of ether oxygens (including phenoxy) is 1. The van der Waals surface area contributed by atoms with Crippen LogP contribution in [0.1, 0.15) is 32.3 Å². The number of carbonyl (C=O) groups excluding carboxylic acids is 1. The minimum Gasteiger partial charge on any atom is -0.379 e. The average molecular weight is 406 g/mol. The van der Waals surface area contributed by atoms with Crippen molar-refractivity contribution in [3.05, 3.63) is 53.7 Å². The van der Waals surface area contributed by atoms with Crippen LogP contribution in [0.3, 0.4) is 0 Å². The summed E-state index contributed by atoms with van der Waals surface area (Å²) in [5, 5.41) is 8.02. The lowest BCUT2D eigenvalue weighted by molar-refractivity contribution is -0.115. The molecule has 0 aliphatic heterocycles. The number of nitrogens with one attached hydrogen (secondary N) is 1. The molecule has 1 aromatic carbocycles. The average Bonchev–Trinajstić information content (AvgIpc) is 3.12. The van der Waals surface area contributed by atoms with E-state index in [1.54, 1.807) is 24.2 Å². The molecule has 0 aliphatic carbocycles. The second-order valence-electron chi connectivity index (χ2n) is 7.08. The fraction of sp³-hybridized carbons (Fsp3) is 0.400. The van der Waals surface area contributed by atoms with E-state index in [9.17, 15) is 13.2 Å². The van der Waals surface area contributed by atoms with Crippen molar-refractivity contribution in [2.75, 3.05) is 18.2 Å². The van der Waals surface area contributed by atoms with Gasteiger partial charge < -0.3 is 10.1 Å². The highest BCUT2D eigenvalue weighted by Gasteiger charge is 2.16. The number of sulfone groups is 1. The summed E-state index contributed by atoms with van der Waals surface area (Å²) in [4.78, 5) is 12.0. The smallest absolute Gasteiger partial charge is 0.225 e. The first kappa shape index (κ1) is 21.8. The number of hydrogen-bond donors (Lipinski definition) is 1. The fourth-order valence-corrected chi connectivity index (χ4v) is 3.28. The van der Waals surface area contributed by atoms with Gasteiger partial charge in [-0.25, -0.2) is 8.42 Å². The summed E-state index contributed by atoms with van der Waals surface area (Å²) < 4.78 is 31.2. The summed E-state index contributed by atoms with van der Waals surface area (Å²) in [6.45, 7) is 4.63. The number of aromatic nitrogens is 2. The van der Waals surface area contributed by atoms with E-state index in [1.165, 1.54) is 6.08 Å². The van der Waals surface area contributed by atoms with Crippen LogP contribution in [0.2, 0.25) is 0 Å². The largest absolute Gasteiger partial charge is 0.379 e. The molecule has 0 unspecified atom stereocenters. The van der Waals surface area contributed by atoms with Crippen LogP contribution in [0.25, 0.3) is 6.08 Å². The standard InChI is InChI=1S/C20H27N3O4S/c1-20(2,27-3)11-12-23-16-18(15-21-23)22-19(24)10-14-28(25,26)13-9-17-7-5-4-6-8-17/h4-9,13,15-16H,10-12,14H2,1-3H3,(H,22,24)/b13-9+. The molecule has 1 amide bonds. The van der Waals surface area contributed by atoms with E-state index in [-0.39, 0.29) is 23.7 Å². The highest BCUT2D eigenvalue weighted by atomic mass is 32.2. The van der Waals surface area contributed by atoms with Gasteiger partial charge in [-0.15, -0.1) is 0 Å². The molecule has 2 rings (SSSR count). The van der Waals surface area contributed by atoms with E-state index in [0.29, 0.717) is 12.2 Å². The lowest BCUT2D eigenvalue weighted by Gasteiger charge is -2.22. The first-order valence-corrected chi connectivity index (χ1v) is 10.7. The second kappa shape index (κ2) is 9.66. The van der Waals surface area contributed by atoms with E-state index in [1.807, 2.05) is 44.2 Å². The van der Waals surface area contributed by atoms with Gasteiger partial charge in [0.15, 0.2) is 9.84 Å². The van der Waals surface area contributed by atoms with Crippen molar-refractivity contribution >= 4 is 27.5 Å². The Labute approximate surface area is 166 Å². The zero-order chi connectivity index (χ0) is 20.6. The Morgan fingerprint density at radius 2 is 2.00 bits per heavy atom.